The number of methoxy groups -OCH3 is 1. The molecule has 1 aliphatic carbocycles. The van der Waals surface area contributed by atoms with Gasteiger partial charge in [0.1, 0.15) is 23.2 Å². The van der Waals surface area contributed by atoms with Gasteiger partial charge >= 0.3 is 0 Å². The number of nitrogens with one attached hydrogen (secondary N) is 1. The standard InChI is InChI=1S/C20H20FN7O/c1-29-13-5-2-4-12(8-13)28-17-9-15(19-24-11-25-27-19)23-10-16(17)26-20(28)18-14(21)6-3-7-22-18/h3,6-7,9-13H,2,4-5,8H2,1H3,(H,24,25,27)/t12-,13-/m1/s1. The smallest absolute Gasteiger partial charge is 0.199 e. The normalized spacial score (nSPS) is 19.7. The van der Waals surface area contributed by atoms with Gasteiger partial charge in [0, 0.05) is 19.3 Å². The van der Waals surface area contributed by atoms with Crippen LogP contribution < -0.4 is 0 Å². The Hall–Kier alpha value is -3.20. The molecule has 0 spiro atoms. The monoisotopic (exact) mass is 393 g/mol. The fourth-order valence-corrected chi connectivity index (χ4v) is 4.11. The minimum Gasteiger partial charge on any atom is -0.381 e. The average molecular weight is 393 g/mol. The summed E-state index contributed by atoms with van der Waals surface area (Å²) in [6.45, 7) is 0. The van der Waals surface area contributed by atoms with E-state index in [0.717, 1.165) is 31.2 Å². The van der Waals surface area contributed by atoms with E-state index in [2.05, 4.69) is 29.7 Å². The Balaban J connectivity index is 1.72. The van der Waals surface area contributed by atoms with E-state index in [4.69, 9.17) is 9.72 Å². The summed E-state index contributed by atoms with van der Waals surface area (Å²) in [5.41, 5.74) is 2.42. The van der Waals surface area contributed by atoms with E-state index < -0.39 is 5.82 Å². The zero-order chi connectivity index (χ0) is 19.8. The number of nitrogens with zero attached hydrogens (tertiary/aromatic N) is 6. The molecular weight excluding hydrogens is 373 g/mol. The predicted octanol–water partition coefficient (Wildman–Crippen LogP) is 3.55. The minimum absolute atomic E-state index is 0.123. The van der Waals surface area contributed by atoms with Crippen LogP contribution in [0, 0.1) is 5.82 Å². The van der Waals surface area contributed by atoms with E-state index in [-0.39, 0.29) is 17.8 Å². The van der Waals surface area contributed by atoms with Gasteiger partial charge in [0.25, 0.3) is 0 Å². The lowest BCUT2D eigenvalue weighted by atomic mass is 9.92. The third-order valence-corrected chi connectivity index (χ3v) is 5.49. The quantitative estimate of drug-likeness (QED) is 0.570. The molecule has 1 saturated carbocycles. The van der Waals surface area contributed by atoms with Crippen LogP contribution in [0.15, 0.2) is 36.9 Å². The molecule has 148 valence electrons. The number of hydrogen-bond acceptors (Lipinski definition) is 6. The van der Waals surface area contributed by atoms with Crippen LogP contribution in [0.25, 0.3) is 34.1 Å². The highest BCUT2D eigenvalue weighted by molar-refractivity contribution is 5.82. The third kappa shape index (κ3) is 3.17. The Morgan fingerprint density at radius 3 is 2.97 bits per heavy atom. The lowest BCUT2D eigenvalue weighted by molar-refractivity contribution is 0.0540. The van der Waals surface area contributed by atoms with Crippen LogP contribution in [-0.2, 0) is 4.74 Å². The van der Waals surface area contributed by atoms with Gasteiger partial charge in [-0.3, -0.25) is 10.1 Å². The van der Waals surface area contributed by atoms with Crippen molar-refractivity contribution in [1.29, 1.82) is 0 Å². The maximum atomic E-state index is 14.6. The second-order valence-electron chi connectivity index (χ2n) is 7.20. The first-order valence-corrected chi connectivity index (χ1v) is 9.62. The molecule has 1 fully saturated rings. The fourth-order valence-electron chi connectivity index (χ4n) is 4.11. The molecule has 8 nitrogen and oxygen atoms in total. The van der Waals surface area contributed by atoms with Gasteiger partial charge in [-0.1, -0.05) is 0 Å². The average Bonchev–Trinajstić information content (AvgIpc) is 3.41. The predicted molar refractivity (Wildman–Crippen MR) is 104 cm³/mol. The van der Waals surface area contributed by atoms with Crippen molar-refractivity contribution in [2.24, 2.45) is 0 Å². The Labute approximate surface area is 166 Å². The lowest BCUT2D eigenvalue weighted by Gasteiger charge is -2.30. The molecule has 0 radical (unpaired) electrons. The number of fused-ring (bicyclic) bond motifs is 1. The summed E-state index contributed by atoms with van der Waals surface area (Å²) in [5, 5.41) is 6.83. The lowest BCUT2D eigenvalue weighted by Crippen LogP contribution is -2.24. The topological polar surface area (TPSA) is 94.4 Å². The van der Waals surface area contributed by atoms with Crippen molar-refractivity contribution >= 4 is 11.0 Å². The molecule has 1 aliphatic rings. The van der Waals surface area contributed by atoms with Crippen LogP contribution in [-0.4, -0.2) is 47.9 Å². The number of halogens is 1. The first-order chi connectivity index (χ1) is 14.2. The highest BCUT2D eigenvalue weighted by Crippen LogP contribution is 2.37. The summed E-state index contributed by atoms with van der Waals surface area (Å²) in [6.07, 6.45) is 8.80. The summed E-state index contributed by atoms with van der Waals surface area (Å²) in [6, 6.07) is 5.02. The first kappa shape index (κ1) is 17.9. The second kappa shape index (κ2) is 7.32. The zero-order valence-corrected chi connectivity index (χ0v) is 15.9. The Bertz CT molecular complexity index is 1140. The van der Waals surface area contributed by atoms with Gasteiger partial charge in [-0.05, 0) is 43.9 Å². The number of aromatic nitrogens is 7. The van der Waals surface area contributed by atoms with Gasteiger partial charge in [-0.2, -0.15) is 5.10 Å². The molecular formula is C20H20FN7O. The SMILES string of the molecule is CO[C@@H]1CCC[C@@H](n2c(-c3ncccc3F)nc3cnc(-c4nc[nH]n4)cc32)C1. The summed E-state index contributed by atoms with van der Waals surface area (Å²) in [7, 11) is 1.74. The molecule has 0 unspecified atom stereocenters. The molecule has 1 N–H and O–H groups in total. The largest absolute Gasteiger partial charge is 0.381 e. The van der Waals surface area contributed by atoms with Crippen molar-refractivity contribution in [3.8, 4) is 23.0 Å². The van der Waals surface area contributed by atoms with Crippen LogP contribution in [0.4, 0.5) is 4.39 Å². The molecule has 9 heteroatoms. The van der Waals surface area contributed by atoms with Crippen molar-refractivity contribution in [2.45, 2.75) is 37.8 Å². The van der Waals surface area contributed by atoms with Crippen molar-refractivity contribution < 1.29 is 9.13 Å². The molecule has 4 aromatic heterocycles. The zero-order valence-electron chi connectivity index (χ0n) is 15.9. The van der Waals surface area contributed by atoms with E-state index in [0.29, 0.717) is 22.9 Å². The maximum absolute atomic E-state index is 14.6. The number of hydrogen-bond donors (Lipinski definition) is 1. The van der Waals surface area contributed by atoms with E-state index in [1.54, 1.807) is 25.6 Å². The molecule has 0 aliphatic heterocycles. The molecule has 0 saturated heterocycles. The van der Waals surface area contributed by atoms with Crippen molar-refractivity contribution in [2.75, 3.05) is 7.11 Å². The third-order valence-electron chi connectivity index (χ3n) is 5.49. The van der Waals surface area contributed by atoms with E-state index >= 15 is 0 Å². The molecule has 5 rings (SSSR count). The van der Waals surface area contributed by atoms with E-state index in [9.17, 15) is 4.39 Å². The van der Waals surface area contributed by atoms with Gasteiger partial charge in [-0.25, -0.2) is 19.3 Å². The number of aromatic amines is 1. The Morgan fingerprint density at radius 1 is 1.24 bits per heavy atom. The number of pyridine rings is 2. The molecule has 4 heterocycles. The molecule has 0 aromatic carbocycles. The summed E-state index contributed by atoms with van der Waals surface area (Å²) >= 11 is 0. The Morgan fingerprint density at radius 2 is 2.17 bits per heavy atom. The number of rotatable bonds is 4. The summed E-state index contributed by atoms with van der Waals surface area (Å²) < 4.78 is 22.3. The molecule has 29 heavy (non-hydrogen) atoms. The van der Waals surface area contributed by atoms with Crippen LogP contribution in [0.2, 0.25) is 0 Å². The summed E-state index contributed by atoms with van der Waals surface area (Å²) in [4.78, 5) is 17.6. The van der Waals surface area contributed by atoms with Crippen LogP contribution in [0.1, 0.15) is 31.7 Å². The van der Waals surface area contributed by atoms with Gasteiger partial charge in [0.15, 0.2) is 17.5 Å². The van der Waals surface area contributed by atoms with Gasteiger partial charge in [-0.15, -0.1) is 0 Å². The van der Waals surface area contributed by atoms with E-state index in [1.807, 2.05) is 6.07 Å². The number of ether oxygens (including phenoxy) is 1. The summed E-state index contributed by atoms with van der Waals surface area (Å²) in [5.74, 6) is 0.614. The van der Waals surface area contributed by atoms with Crippen LogP contribution >= 0.6 is 0 Å². The minimum atomic E-state index is -0.398. The highest BCUT2D eigenvalue weighted by atomic mass is 19.1. The maximum Gasteiger partial charge on any atom is 0.199 e. The van der Waals surface area contributed by atoms with Crippen LogP contribution in [0.3, 0.4) is 0 Å². The molecule has 2 atom stereocenters. The Kier molecular flexibility index (Phi) is 4.51. The number of imidazole rings is 1. The fraction of sp³-hybridized carbons (Fsp3) is 0.350. The van der Waals surface area contributed by atoms with Gasteiger partial charge < -0.3 is 9.30 Å². The molecule has 4 aromatic rings. The van der Waals surface area contributed by atoms with Gasteiger partial charge in [0.2, 0.25) is 0 Å². The van der Waals surface area contributed by atoms with Crippen molar-refractivity contribution in [3.05, 3.63) is 42.7 Å². The van der Waals surface area contributed by atoms with Crippen molar-refractivity contribution in [1.82, 2.24) is 34.7 Å². The molecule has 0 amide bonds. The number of H-pyrrole nitrogens is 1. The van der Waals surface area contributed by atoms with Gasteiger partial charge in [0.05, 0.1) is 17.8 Å². The highest BCUT2D eigenvalue weighted by Gasteiger charge is 2.28. The van der Waals surface area contributed by atoms with E-state index in [1.165, 1.54) is 12.4 Å². The van der Waals surface area contributed by atoms with Crippen LogP contribution in [0.5, 0.6) is 0 Å². The molecule has 0 bridgehead atoms. The van der Waals surface area contributed by atoms with Crippen molar-refractivity contribution in [3.63, 3.8) is 0 Å². The first-order valence-electron chi connectivity index (χ1n) is 9.62. The second-order valence-corrected chi connectivity index (χ2v) is 7.20.